The van der Waals surface area contributed by atoms with Crippen LogP contribution in [0.5, 0.6) is 0 Å². The van der Waals surface area contributed by atoms with Gasteiger partial charge in [-0.05, 0) is 33.1 Å². The van der Waals surface area contributed by atoms with Crippen molar-refractivity contribution in [3.63, 3.8) is 0 Å². The second-order valence-electron chi connectivity index (χ2n) is 3.04. The Bertz CT molecular complexity index is 131. The van der Waals surface area contributed by atoms with Crippen molar-refractivity contribution in [3.05, 3.63) is 23.3 Å². The molecule has 0 aromatic carbocycles. The van der Waals surface area contributed by atoms with Gasteiger partial charge < -0.3 is 0 Å². The van der Waals surface area contributed by atoms with E-state index in [0.29, 0.717) is 0 Å². The van der Waals surface area contributed by atoms with E-state index in [1.165, 1.54) is 24.0 Å². The predicted octanol–water partition coefficient (Wildman–Crippen LogP) is 4.09. The average molecular weight is 152 g/mol. The third-order valence-corrected chi connectivity index (χ3v) is 2.05. The van der Waals surface area contributed by atoms with Crippen LogP contribution >= 0.6 is 0 Å². The summed E-state index contributed by atoms with van der Waals surface area (Å²) in [6.45, 7) is 8.77. The summed E-state index contributed by atoms with van der Waals surface area (Å²) in [5, 5.41) is 0. The molecular formula is C11H20. The molecule has 0 aromatic rings. The second kappa shape index (κ2) is 6.21. The van der Waals surface area contributed by atoms with Crippen LogP contribution in [0.4, 0.5) is 0 Å². The molecule has 0 radical (unpaired) electrons. The van der Waals surface area contributed by atoms with Gasteiger partial charge in [0.15, 0.2) is 0 Å². The van der Waals surface area contributed by atoms with Gasteiger partial charge in [-0.2, -0.15) is 0 Å². The summed E-state index contributed by atoms with van der Waals surface area (Å²) >= 11 is 0. The van der Waals surface area contributed by atoms with Crippen LogP contribution in [0.3, 0.4) is 0 Å². The largest absolute Gasteiger partial charge is 0.0818 e. The van der Waals surface area contributed by atoms with Gasteiger partial charge in [0.25, 0.3) is 0 Å². The Labute approximate surface area is 71.0 Å². The molecular weight excluding hydrogens is 132 g/mol. The van der Waals surface area contributed by atoms with Gasteiger partial charge in [-0.25, -0.2) is 0 Å². The summed E-state index contributed by atoms with van der Waals surface area (Å²) in [7, 11) is 0. The zero-order valence-electron chi connectivity index (χ0n) is 8.28. The lowest BCUT2D eigenvalue weighted by Crippen LogP contribution is -1.73. The van der Waals surface area contributed by atoms with Gasteiger partial charge >= 0.3 is 0 Å². The summed E-state index contributed by atoms with van der Waals surface area (Å²) in [5.74, 6) is 0. The SMILES string of the molecule is CC/C(C)=C/C/C=C(\C)CC. The number of hydrogen-bond acceptors (Lipinski definition) is 0. The van der Waals surface area contributed by atoms with Crippen LogP contribution in [-0.4, -0.2) is 0 Å². The van der Waals surface area contributed by atoms with Crippen LogP contribution in [-0.2, 0) is 0 Å². The Kier molecular flexibility index (Phi) is 5.91. The molecule has 0 unspecified atom stereocenters. The zero-order valence-corrected chi connectivity index (χ0v) is 8.28. The van der Waals surface area contributed by atoms with Crippen LogP contribution < -0.4 is 0 Å². The van der Waals surface area contributed by atoms with Crippen molar-refractivity contribution in [3.8, 4) is 0 Å². The van der Waals surface area contributed by atoms with Gasteiger partial charge in [0.1, 0.15) is 0 Å². The Balaban J connectivity index is 3.71. The van der Waals surface area contributed by atoms with Crippen molar-refractivity contribution in [2.45, 2.75) is 47.0 Å². The fraction of sp³-hybridized carbons (Fsp3) is 0.636. The van der Waals surface area contributed by atoms with E-state index in [-0.39, 0.29) is 0 Å². The molecule has 0 saturated carbocycles. The molecule has 0 heteroatoms. The highest BCUT2D eigenvalue weighted by Crippen LogP contribution is 2.04. The van der Waals surface area contributed by atoms with E-state index < -0.39 is 0 Å². The molecule has 0 fully saturated rings. The van der Waals surface area contributed by atoms with Crippen molar-refractivity contribution in [2.75, 3.05) is 0 Å². The van der Waals surface area contributed by atoms with Crippen molar-refractivity contribution in [1.82, 2.24) is 0 Å². The van der Waals surface area contributed by atoms with Gasteiger partial charge in [0.2, 0.25) is 0 Å². The van der Waals surface area contributed by atoms with Crippen LogP contribution in [0.2, 0.25) is 0 Å². The molecule has 0 aromatic heterocycles. The van der Waals surface area contributed by atoms with E-state index in [1.54, 1.807) is 0 Å². The minimum Gasteiger partial charge on any atom is -0.0818 e. The first-order chi connectivity index (χ1) is 5.20. The minimum absolute atomic E-state index is 1.11. The molecule has 0 aliphatic heterocycles. The first kappa shape index (κ1) is 10.5. The van der Waals surface area contributed by atoms with E-state index in [4.69, 9.17) is 0 Å². The van der Waals surface area contributed by atoms with Crippen molar-refractivity contribution < 1.29 is 0 Å². The molecule has 0 heterocycles. The standard InChI is InChI=1S/C11H20/c1-5-10(3)8-7-9-11(4)6-2/h8-9H,5-7H2,1-4H3/b10-8+,11-9+. The third-order valence-electron chi connectivity index (χ3n) is 2.05. The normalized spacial score (nSPS) is 13.8. The molecule has 0 bridgehead atoms. The lowest BCUT2D eigenvalue weighted by molar-refractivity contribution is 1.05. The van der Waals surface area contributed by atoms with Crippen LogP contribution in [0, 0.1) is 0 Å². The Morgan fingerprint density at radius 1 is 0.909 bits per heavy atom. The van der Waals surface area contributed by atoms with Crippen LogP contribution in [0.1, 0.15) is 47.0 Å². The first-order valence-electron chi connectivity index (χ1n) is 4.52. The van der Waals surface area contributed by atoms with E-state index in [1.807, 2.05) is 0 Å². The van der Waals surface area contributed by atoms with Gasteiger partial charge in [0, 0.05) is 0 Å². The van der Waals surface area contributed by atoms with E-state index in [2.05, 4.69) is 39.8 Å². The molecule has 11 heavy (non-hydrogen) atoms. The van der Waals surface area contributed by atoms with Crippen LogP contribution in [0.25, 0.3) is 0 Å². The summed E-state index contributed by atoms with van der Waals surface area (Å²) in [6.07, 6.45) is 8.08. The summed E-state index contributed by atoms with van der Waals surface area (Å²) < 4.78 is 0. The Hall–Kier alpha value is -0.520. The second-order valence-corrected chi connectivity index (χ2v) is 3.04. The monoisotopic (exact) mass is 152 g/mol. The Morgan fingerprint density at radius 2 is 1.27 bits per heavy atom. The molecule has 0 atom stereocenters. The quantitative estimate of drug-likeness (QED) is 0.532. The molecule has 0 spiro atoms. The lowest BCUT2D eigenvalue weighted by Gasteiger charge is -1.94. The molecule has 0 aliphatic carbocycles. The van der Waals surface area contributed by atoms with Gasteiger partial charge in [0.05, 0.1) is 0 Å². The lowest BCUT2D eigenvalue weighted by atomic mass is 10.1. The van der Waals surface area contributed by atoms with Crippen molar-refractivity contribution in [2.24, 2.45) is 0 Å². The van der Waals surface area contributed by atoms with Gasteiger partial charge in [-0.1, -0.05) is 37.1 Å². The molecule has 0 saturated heterocycles. The molecule has 0 N–H and O–H groups in total. The topological polar surface area (TPSA) is 0 Å². The highest BCUT2D eigenvalue weighted by atomic mass is 13.9. The average Bonchev–Trinajstić information content (AvgIpc) is 2.04. The van der Waals surface area contributed by atoms with Crippen LogP contribution in [0.15, 0.2) is 23.3 Å². The summed E-state index contributed by atoms with van der Waals surface area (Å²) in [4.78, 5) is 0. The molecule has 0 amide bonds. The maximum absolute atomic E-state index is 2.30. The molecule has 0 aliphatic rings. The van der Waals surface area contributed by atoms with E-state index in [9.17, 15) is 0 Å². The minimum atomic E-state index is 1.11. The number of hydrogen-bond donors (Lipinski definition) is 0. The highest BCUT2D eigenvalue weighted by Gasteiger charge is 1.83. The summed E-state index contributed by atoms with van der Waals surface area (Å²) in [5.41, 5.74) is 2.98. The highest BCUT2D eigenvalue weighted by molar-refractivity contribution is 5.05. The fourth-order valence-electron chi connectivity index (χ4n) is 0.750. The van der Waals surface area contributed by atoms with E-state index >= 15 is 0 Å². The van der Waals surface area contributed by atoms with Crippen molar-refractivity contribution >= 4 is 0 Å². The molecule has 0 nitrogen and oxygen atoms in total. The van der Waals surface area contributed by atoms with Crippen molar-refractivity contribution in [1.29, 1.82) is 0 Å². The smallest absolute Gasteiger partial charge is 0.0164 e. The predicted molar refractivity (Wildman–Crippen MR) is 52.7 cm³/mol. The van der Waals surface area contributed by atoms with Gasteiger partial charge in [-0.15, -0.1) is 0 Å². The number of rotatable bonds is 4. The zero-order chi connectivity index (χ0) is 8.69. The first-order valence-corrected chi connectivity index (χ1v) is 4.52. The molecule has 0 rings (SSSR count). The Morgan fingerprint density at radius 3 is 1.55 bits per heavy atom. The number of allylic oxidation sites excluding steroid dienone is 4. The van der Waals surface area contributed by atoms with Gasteiger partial charge in [-0.3, -0.25) is 0 Å². The fourth-order valence-corrected chi connectivity index (χ4v) is 0.750. The third kappa shape index (κ3) is 5.90. The maximum atomic E-state index is 2.30. The maximum Gasteiger partial charge on any atom is -0.0164 e. The summed E-state index contributed by atoms with van der Waals surface area (Å²) in [6, 6.07) is 0. The van der Waals surface area contributed by atoms with E-state index in [0.717, 1.165) is 6.42 Å². The molecule has 64 valence electrons.